The summed E-state index contributed by atoms with van der Waals surface area (Å²) in [6.45, 7) is 2.08. The van der Waals surface area contributed by atoms with Crippen LogP contribution in [-0.2, 0) is 12.2 Å². The number of anilines is 2. The van der Waals surface area contributed by atoms with Gasteiger partial charge in [0.2, 0.25) is 11.0 Å². The van der Waals surface area contributed by atoms with E-state index in [1.165, 1.54) is 17.3 Å². The molecular weight excluding hydrogens is 370 g/mol. The van der Waals surface area contributed by atoms with E-state index in [1.807, 2.05) is 48.5 Å². The van der Waals surface area contributed by atoms with Gasteiger partial charge in [-0.15, -0.1) is 10.2 Å². The third-order valence-corrected chi connectivity index (χ3v) is 5.16. The lowest BCUT2D eigenvalue weighted by atomic mass is 10.1. The van der Waals surface area contributed by atoms with Crippen molar-refractivity contribution >= 4 is 34.9 Å². The third-order valence-electron chi connectivity index (χ3n) is 3.80. The van der Waals surface area contributed by atoms with Gasteiger partial charge in [-0.2, -0.15) is 4.68 Å². The molecule has 0 fully saturated rings. The van der Waals surface area contributed by atoms with Crippen LogP contribution < -0.4 is 16.7 Å². The fourth-order valence-corrected chi connectivity index (χ4v) is 3.42. The summed E-state index contributed by atoms with van der Waals surface area (Å²) in [6, 6.07) is 15.3. The first-order chi connectivity index (χ1) is 12.6. The SMILES string of the molecule is CCc1ccc(Nc2nnc(SCc3ccccc3Cl)n(N)c2=O)cc1. The molecule has 0 aliphatic carbocycles. The van der Waals surface area contributed by atoms with Gasteiger partial charge in [0.1, 0.15) is 0 Å². The van der Waals surface area contributed by atoms with Crippen LogP contribution in [0.1, 0.15) is 18.1 Å². The van der Waals surface area contributed by atoms with Crippen LogP contribution in [0.15, 0.2) is 58.5 Å². The molecule has 0 aliphatic heterocycles. The number of thioether (sulfide) groups is 1. The Kier molecular flexibility index (Phi) is 5.80. The number of benzene rings is 2. The van der Waals surface area contributed by atoms with Gasteiger partial charge in [0, 0.05) is 16.5 Å². The Hall–Kier alpha value is -2.51. The molecule has 0 atom stereocenters. The molecular formula is C18H18ClN5OS. The maximum Gasteiger partial charge on any atom is 0.315 e. The van der Waals surface area contributed by atoms with Gasteiger partial charge >= 0.3 is 5.56 Å². The zero-order chi connectivity index (χ0) is 18.5. The molecule has 0 spiro atoms. The molecule has 0 unspecified atom stereocenters. The van der Waals surface area contributed by atoms with Gasteiger partial charge in [0.15, 0.2) is 0 Å². The number of nitrogen functional groups attached to an aromatic ring is 1. The topological polar surface area (TPSA) is 85.8 Å². The Bertz CT molecular complexity index is 959. The largest absolute Gasteiger partial charge is 0.334 e. The first kappa shape index (κ1) is 18.3. The minimum Gasteiger partial charge on any atom is -0.334 e. The molecule has 0 saturated carbocycles. The second kappa shape index (κ2) is 8.25. The van der Waals surface area contributed by atoms with Crippen LogP contribution in [0.5, 0.6) is 0 Å². The number of aromatic nitrogens is 3. The first-order valence-corrected chi connectivity index (χ1v) is 9.42. The minimum atomic E-state index is -0.443. The van der Waals surface area contributed by atoms with Crippen LogP contribution in [0.3, 0.4) is 0 Å². The fourth-order valence-electron chi connectivity index (χ4n) is 2.28. The molecule has 3 aromatic rings. The predicted octanol–water partition coefficient (Wildman–Crippen LogP) is 3.60. The van der Waals surface area contributed by atoms with Crippen molar-refractivity contribution in [2.75, 3.05) is 11.2 Å². The van der Waals surface area contributed by atoms with Crippen molar-refractivity contribution in [3.05, 3.63) is 75.0 Å². The molecule has 26 heavy (non-hydrogen) atoms. The first-order valence-electron chi connectivity index (χ1n) is 8.05. The van der Waals surface area contributed by atoms with E-state index >= 15 is 0 Å². The monoisotopic (exact) mass is 387 g/mol. The number of hydrogen-bond donors (Lipinski definition) is 2. The Morgan fingerprint density at radius 2 is 1.88 bits per heavy atom. The number of halogens is 1. The van der Waals surface area contributed by atoms with E-state index in [-0.39, 0.29) is 5.82 Å². The van der Waals surface area contributed by atoms with E-state index in [0.717, 1.165) is 22.3 Å². The van der Waals surface area contributed by atoms with Crippen LogP contribution in [-0.4, -0.2) is 14.9 Å². The van der Waals surface area contributed by atoms with Crippen molar-refractivity contribution < 1.29 is 0 Å². The predicted molar refractivity (Wildman–Crippen MR) is 107 cm³/mol. The van der Waals surface area contributed by atoms with Gasteiger partial charge in [-0.1, -0.05) is 60.6 Å². The lowest BCUT2D eigenvalue weighted by Gasteiger charge is -2.09. The number of aryl methyl sites for hydroxylation is 1. The van der Waals surface area contributed by atoms with Gasteiger partial charge < -0.3 is 11.2 Å². The maximum absolute atomic E-state index is 12.4. The number of nitrogens with zero attached hydrogens (tertiary/aromatic N) is 3. The van der Waals surface area contributed by atoms with E-state index < -0.39 is 5.56 Å². The highest BCUT2D eigenvalue weighted by atomic mass is 35.5. The van der Waals surface area contributed by atoms with Crippen LogP contribution in [0.2, 0.25) is 5.02 Å². The van der Waals surface area contributed by atoms with Crippen LogP contribution in [0.25, 0.3) is 0 Å². The highest BCUT2D eigenvalue weighted by Gasteiger charge is 2.12. The lowest BCUT2D eigenvalue weighted by molar-refractivity contribution is 0.705. The smallest absolute Gasteiger partial charge is 0.315 e. The second-order valence-corrected chi connectivity index (χ2v) is 6.91. The summed E-state index contributed by atoms with van der Waals surface area (Å²) >= 11 is 7.44. The highest BCUT2D eigenvalue weighted by molar-refractivity contribution is 7.98. The fraction of sp³-hybridized carbons (Fsp3) is 0.167. The van der Waals surface area contributed by atoms with Gasteiger partial charge in [0.25, 0.3) is 0 Å². The van der Waals surface area contributed by atoms with Gasteiger partial charge in [0.05, 0.1) is 0 Å². The zero-order valence-corrected chi connectivity index (χ0v) is 15.7. The zero-order valence-electron chi connectivity index (χ0n) is 14.1. The van der Waals surface area contributed by atoms with Crippen LogP contribution in [0.4, 0.5) is 11.5 Å². The normalized spacial score (nSPS) is 10.7. The number of hydrogen-bond acceptors (Lipinski definition) is 6. The van der Waals surface area contributed by atoms with Crippen molar-refractivity contribution in [3.8, 4) is 0 Å². The molecule has 0 aliphatic rings. The third kappa shape index (κ3) is 4.17. The maximum atomic E-state index is 12.4. The Morgan fingerprint density at radius 3 is 2.58 bits per heavy atom. The molecule has 6 nitrogen and oxygen atoms in total. The molecule has 1 aromatic heterocycles. The van der Waals surface area contributed by atoms with Crippen molar-refractivity contribution in [1.29, 1.82) is 0 Å². The average molecular weight is 388 g/mol. The van der Waals surface area contributed by atoms with E-state index in [0.29, 0.717) is 15.9 Å². The van der Waals surface area contributed by atoms with Crippen molar-refractivity contribution in [2.24, 2.45) is 0 Å². The van der Waals surface area contributed by atoms with E-state index in [9.17, 15) is 4.79 Å². The summed E-state index contributed by atoms with van der Waals surface area (Å²) in [7, 11) is 0. The number of nitrogens with one attached hydrogen (secondary N) is 1. The standard InChI is InChI=1S/C18H18ClN5OS/c1-2-12-7-9-14(10-8-12)21-16-17(25)24(20)18(23-22-16)26-11-13-5-3-4-6-15(13)19/h3-10H,2,11,20H2,1H3,(H,21,22). The molecule has 134 valence electrons. The molecule has 0 saturated heterocycles. The summed E-state index contributed by atoms with van der Waals surface area (Å²) in [5.41, 5.74) is 2.46. The van der Waals surface area contributed by atoms with Crippen molar-refractivity contribution in [2.45, 2.75) is 24.3 Å². The molecule has 0 amide bonds. The quantitative estimate of drug-likeness (QED) is 0.496. The van der Waals surface area contributed by atoms with Crippen molar-refractivity contribution in [1.82, 2.24) is 14.9 Å². The van der Waals surface area contributed by atoms with Crippen LogP contribution in [0, 0.1) is 0 Å². The van der Waals surface area contributed by atoms with Crippen molar-refractivity contribution in [3.63, 3.8) is 0 Å². The Balaban J connectivity index is 1.75. The summed E-state index contributed by atoms with van der Waals surface area (Å²) in [6.07, 6.45) is 0.951. The Morgan fingerprint density at radius 1 is 1.15 bits per heavy atom. The average Bonchev–Trinajstić information content (AvgIpc) is 2.66. The van der Waals surface area contributed by atoms with E-state index in [1.54, 1.807) is 0 Å². The molecule has 3 rings (SSSR count). The lowest BCUT2D eigenvalue weighted by Crippen LogP contribution is -2.32. The van der Waals surface area contributed by atoms with Gasteiger partial charge in [-0.3, -0.25) is 4.79 Å². The molecule has 0 bridgehead atoms. The van der Waals surface area contributed by atoms with Crippen LogP contribution >= 0.6 is 23.4 Å². The number of nitrogens with two attached hydrogens (primary N) is 1. The van der Waals surface area contributed by atoms with Gasteiger partial charge in [-0.05, 0) is 35.7 Å². The highest BCUT2D eigenvalue weighted by Crippen LogP contribution is 2.24. The van der Waals surface area contributed by atoms with E-state index in [4.69, 9.17) is 17.4 Å². The summed E-state index contributed by atoms with van der Waals surface area (Å²) in [5.74, 6) is 6.51. The molecule has 1 heterocycles. The summed E-state index contributed by atoms with van der Waals surface area (Å²) < 4.78 is 0.997. The molecule has 2 aromatic carbocycles. The van der Waals surface area contributed by atoms with Gasteiger partial charge in [-0.25, -0.2) is 0 Å². The van der Waals surface area contributed by atoms with E-state index in [2.05, 4.69) is 22.4 Å². The molecule has 3 N–H and O–H groups in total. The minimum absolute atomic E-state index is 0.0823. The number of rotatable bonds is 6. The molecule has 8 heteroatoms. The Labute approximate surface area is 160 Å². The molecule has 0 radical (unpaired) electrons. The summed E-state index contributed by atoms with van der Waals surface area (Å²) in [4.78, 5) is 12.4. The second-order valence-electron chi connectivity index (χ2n) is 5.56. The summed E-state index contributed by atoms with van der Waals surface area (Å²) in [5, 5.41) is 12.0.